The highest BCUT2D eigenvalue weighted by molar-refractivity contribution is 7.37. The average Bonchev–Trinajstić information content (AvgIpc) is 2.93. The predicted molar refractivity (Wildman–Crippen MR) is 106 cm³/mol. The Labute approximate surface area is 154 Å². The highest BCUT2D eigenvalue weighted by atomic mass is 32.2. The van der Waals surface area contributed by atoms with E-state index < -0.39 is 10.8 Å². The number of fused-ring (bicyclic) bond motifs is 3. The lowest BCUT2D eigenvalue weighted by atomic mass is 9.97. The van der Waals surface area contributed by atoms with Gasteiger partial charge in [-0.1, -0.05) is 12.1 Å². The van der Waals surface area contributed by atoms with E-state index in [4.69, 9.17) is 4.74 Å². The molecule has 0 radical (unpaired) electrons. The summed E-state index contributed by atoms with van der Waals surface area (Å²) in [6.45, 7) is 3.87. The van der Waals surface area contributed by atoms with E-state index in [0.717, 1.165) is 37.0 Å². The van der Waals surface area contributed by atoms with Gasteiger partial charge in [0.05, 0.1) is 7.11 Å². The lowest BCUT2D eigenvalue weighted by Crippen LogP contribution is -2.03. The minimum atomic E-state index is -1.18. The molecule has 0 aliphatic rings. The zero-order valence-electron chi connectivity index (χ0n) is 14.8. The van der Waals surface area contributed by atoms with Crippen LogP contribution in [0.4, 0.5) is 0 Å². The zero-order valence-corrected chi connectivity index (χ0v) is 15.6. The number of aryl methyl sites for hydroxylation is 2. The summed E-state index contributed by atoms with van der Waals surface area (Å²) in [4.78, 5) is 13.0. The van der Waals surface area contributed by atoms with Gasteiger partial charge in [-0.25, -0.2) is 0 Å². The first kappa shape index (κ1) is 16.8. The Morgan fingerprint density at radius 3 is 2.23 bits per heavy atom. The topological polar surface area (TPSA) is 49.4 Å². The summed E-state index contributed by atoms with van der Waals surface area (Å²) in [6.07, 6.45) is 0. The van der Waals surface area contributed by atoms with Crippen LogP contribution in [0.5, 0.6) is 5.75 Å². The monoisotopic (exact) mass is 362 g/mol. The smallest absolute Gasteiger partial charge is 0.193 e. The minimum Gasteiger partial charge on any atom is -0.590 e. The molecule has 0 fully saturated rings. The molecule has 26 heavy (non-hydrogen) atoms. The summed E-state index contributed by atoms with van der Waals surface area (Å²) in [5.74, 6) is 0.761. The Bertz CT molecular complexity index is 1150. The molecule has 130 valence electrons. The fourth-order valence-electron chi connectivity index (χ4n) is 3.58. The number of hydrogen-bond acceptors (Lipinski definition) is 3. The Hall–Kier alpha value is -2.69. The number of ether oxygens (including phenoxy) is 1. The van der Waals surface area contributed by atoms with Gasteiger partial charge >= 0.3 is 0 Å². The predicted octanol–water partition coefficient (Wildman–Crippen LogP) is 5.58. The van der Waals surface area contributed by atoms with E-state index in [1.54, 1.807) is 13.2 Å². The van der Waals surface area contributed by atoms with Crippen LogP contribution in [0.3, 0.4) is 0 Å². The quantitative estimate of drug-likeness (QED) is 0.353. The van der Waals surface area contributed by atoms with Crippen LogP contribution in [0.25, 0.3) is 20.2 Å². The van der Waals surface area contributed by atoms with Crippen molar-refractivity contribution in [3.8, 4) is 5.75 Å². The van der Waals surface area contributed by atoms with Crippen LogP contribution in [0.15, 0.2) is 54.6 Å². The Balaban J connectivity index is 1.87. The van der Waals surface area contributed by atoms with Crippen LogP contribution in [0, 0.1) is 13.8 Å². The number of carbonyl (C=O) groups is 1. The molecule has 1 atom stereocenters. The van der Waals surface area contributed by atoms with E-state index in [9.17, 15) is 9.35 Å². The van der Waals surface area contributed by atoms with Crippen molar-refractivity contribution < 1.29 is 14.1 Å². The number of methoxy groups -OCH3 is 1. The molecule has 0 amide bonds. The highest BCUT2D eigenvalue weighted by Gasteiger charge is 2.18. The van der Waals surface area contributed by atoms with Gasteiger partial charge in [0.1, 0.15) is 5.75 Å². The second-order valence-corrected chi connectivity index (χ2v) is 7.87. The van der Waals surface area contributed by atoms with Crippen molar-refractivity contribution in [1.29, 1.82) is 0 Å². The van der Waals surface area contributed by atoms with Crippen molar-refractivity contribution in [3.05, 3.63) is 76.9 Å². The molecule has 1 unspecified atom stereocenters. The third-order valence-electron chi connectivity index (χ3n) is 4.75. The van der Waals surface area contributed by atoms with Gasteiger partial charge in [-0.15, -0.1) is 0 Å². The molecule has 0 saturated heterocycles. The maximum Gasteiger partial charge on any atom is 0.193 e. The molecule has 0 aliphatic carbocycles. The molecule has 0 aliphatic heterocycles. The van der Waals surface area contributed by atoms with E-state index in [1.807, 2.05) is 62.4 Å². The number of rotatable bonds is 3. The number of carbonyl (C=O) groups excluding carboxylic acids is 1. The fourth-order valence-corrected chi connectivity index (χ4v) is 4.96. The molecule has 3 nitrogen and oxygen atoms in total. The second kappa shape index (κ2) is 6.24. The van der Waals surface area contributed by atoms with Crippen molar-refractivity contribution in [2.75, 3.05) is 7.11 Å². The molecule has 4 rings (SSSR count). The van der Waals surface area contributed by atoms with Crippen LogP contribution < -0.4 is 4.74 Å². The van der Waals surface area contributed by atoms with Crippen molar-refractivity contribution in [2.45, 2.75) is 13.8 Å². The molecular weight excluding hydrogens is 344 g/mol. The van der Waals surface area contributed by atoms with E-state index in [0.29, 0.717) is 11.1 Å². The van der Waals surface area contributed by atoms with E-state index in [1.165, 1.54) is 0 Å². The number of ketones is 1. The number of thiophene rings is 1. The third kappa shape index (κ3) is 2.50. The van der Waals surface area contributed by atoms with Gasteiger partial charge in [0.2, 0.25) is 0 Å². The van der Waals surface area contributed by atoms with Gasteiger partial charge in [0.25, 0.3) is 0 Å². The van der Waals surface area contributed by atoms with Crippen molar-refractivity contribution in [3.63, 3.8) is 0 Å². The van der Waals surface area contributed by atoms with Crippen LogP contribution in [0.1, 0.15) is 27.0 Å². The maximum absolute atomic E-state index is 13.0. The maximum atomic E-state index is 13.0. The molecular formula is C22H18O3S. The Morgan fingerprint density at radius 1 is 0.885 bits per heavy atom. The third-order valence-corrected chi connectivity index (χ3v) is 6.26. The molecule has 0 bridgehead atoms. The first-order chi connectivity index (χ1) is 12.5. The summed E-state index contributed by atoms with van der Waals surface area (Å²) >= 11 is 0. The second-order valence-electron chi connectivity index (χ2n) is 6.45. The Morgan fingerprint density at radius 2 is 1.54 bits per heavy atom. The molecule has 4 aromatic rings. The van der Waals surface area contributed by atoms with Crippen molar-refractivity contribution in [1.82, 2.24) is 0 Å². The van der Waals surface area contributed by atoms with Crippen molar-refractivity contribution in [2.24, 2.45) is 0 Å². The van der Waals surface area contributed by atoms with Gasteiger partial charge in [-0.05, 0) is 78.2 Å². The summed E-state index contributed by atoms with van der Waals surface area (Å²) in [5.41, 5.74) is 3.10. The first-order valence-corrected chi connectivity index (χ1v) is 9.51. The van der Waals surface area contributed by atoms with Crippen LogP contribution in [0.2, 0.25) is 0 Å². The summed E-state index contributed by atoms with van der Waals surface area (Å²) in [7, 11) is 0.456. The molecule has 0 N–H and O–H groups in total. The van der Waals surface area contributed by atoms with Gasteiger partial charge in [-0.2, -0.15) is 0 Å². The summed E-state index contributed by atoms with van der Waals surface area (Å²) in [5, 5.41) is 1.82. The molecule has 3 aromatic carbocycles. The SMILES string of the molecule is COc1c(C)cc(C(=O)c2ccc3c(c2)c2ccccc2[s+]3[O-])cc1C. The van der Waals surface area contributed by atoms with Crippen LogP contribution >= 0.6 is 10.8 Å². The van der Waals surface area contributed by atoms with E-state index in [-0.39, 0.29) is 5.78 Å². The standard InChI is InChI=1S/C22H18O3S/c1-13-10-16(11-14(2)22(13)25-3)21(23)15-8-9-20-18(12-15)17-6-4-5-7-19(17)26(20)24/h4-12H,1-3H3. The molecule has 1 aromatic heterocycles. The average molecular weight is 362 g/mol. The largest absolute Gasteiger partial charge is 0.590 e. The van der Waals surface area contributed by atoms with E-state index >= 15 is 0 Å². The summed E-state index contributed by atoms with van der Waals surface area (Å²) < 4.78 is 19.6. The molecule has 1 heterocycles. The van der Waals surface area contributed by atoms with Gasteiger partial charge in [0, 0.05) is 21.9 Å². The number of hydrogen-bond donors (Lipinski definition) is 0. The molecule has 4 heteroatoms. The first-order valence-electron chi connectivity index (χ1n) is 8.36. The van der Waals surface area contributed by atoms with Crippen LogP contribution in [-0.2, 0) is 0 Å². The number of benzene rings is 3. The van der Waals surface area contributed by atoms with Gasteiger partial charge < -0.3 is 9.29 Å². The fraction of sp³-hybridized carbons (Fsp3) is 0.136. The van der Waals surface area contributed by atoms with Crippen molar-refractivity contribution >= 4 is 36.7 Å². The van der Waals surface area contributed by atoms with E-state index in [2.05, 4.69) is 0 Å². The summed E-state index contributed by atoms with van der Waals surface area (Å²) in [6, 6.07) is 16.8. The minimum absolute atomic E-state index is 0.0446. The highest BCUT2D eigenvalue weighted by Crippen LogP contribution is 2.40. The normalized spacial score (nSPS) is 11.9. The van der Waals surface area contributed by atoms with Gasteiger partial charge in [-0.3, -0.25) is 4.79 Å². The Kier molecular flexibility index (Phi) is 4.02. The molecule has 0 spiro atoms. The lowest BCUT2D eigenvalue weighted by molar-refractivity contribution is 0.103. The molecule has 0 saturated carbocycles. The lowest BCUT2D eigenvalue weighted by Gasteiger charge is -2.11. The zero-order chi connectivity index (χ0) is 18.4. The van der Waals surface area contributed by atoms with Gasteiger partial charge in [0.15, 0.2) is 15.2 Å². The van der Waals surface area contributed by atoms with Crippen LogP contribution in [-0.4, -0.2) is 17.4 Å².